The van der Waals surface area contributed by atoms with Crippen molar-refractivity contribution >= 4 is 23.4 Å². The number of amides is 3. The summed E-state index contributed by atoms with van der Waals surface area (Å²) in [7, 11) is 1.57. The first-order valence-corrected chi connectivity index (χ1v) is 9.97. The average Bonchev–Trinajstić information content (AvgIpc) is 2.81. The molecule has 1 heterocycles. The highest BCUT2D eigenvalue weighted by atomic mass is 19.1. The SMILES string of the molecule is COc1ccc(NCC(=O)NNC(=O)C2CCCN(C(=O)c3ccc(F)cc3)C2)cc1. The highest BCUT2D eigenvalue weighted by molar-refractivity contribution is 5.94. The fraction of sp³-hybridized carbons (Fsp3) is 0.318. The summed E-state index contributed by atoms with van der Waals surface area (Å²) < 4.78 is 18.1. The van der Waals surface area contributed by atoms with Crippen LogP contribution in [0.5, 0.6) is 5.75 Å². The molecule has 0 bridgehead atoms. The maximum Gasteiger partial charge on any atom is 0.257 e. The van der Waals surface area contributed by atoms with Gasteiger partial charge in [0.05, 0.1) is 19.6 Å². The van der Waals surface area contributed by atoms with E-state index in [9.17, 15) is 18.8 Å². The number of rotatable bonds is 6. The van der Waals surface area contributed by atoms with Crippen molar-refractivity contribution in [1.29, 1.82) is 0 Å². The van der Waals surface area contributed by atoms with E-state index in [0.29, 0.717) is 30.7 Å². The van der Waals surface area contributed by atoms with Crippen molar-refractivity contribution in [2.75, 3.05) is 32.1 Å². The Morgan fingerprint density at radius 1 is 1.06 bits per heavy atom. The summed E-state index contributed by atoms with van der Waals surface area (Å²) in [6.45, 7) is 0.743. The monoisotopic (exact) mass is 428 g/mol. The van der Waals surface area contributed by atoms with Gasteiger partial charge in [-0.25, -0.2) is 4.39 Å². The molecule has 3 amide bonds. The minimum Gasteiger partial charge on any atom is -0.497 e. The number of hydrogen-bond acceptors (Lipinski definition) is 5. The van der Waals surface area contributed by atoms with Crippen LogP contribution in [0.25, 0.3) is 0 Å². The minimum atomic E-state index is -0.437. The van der Waals surface area contributed by atoms with Gasteiger partial charge in [-0.3, -0.25) is 25.2 Å². The largest absolute Gasteiger partial charge is 0.497 e. The maximum absolute atomic E-state index is 13.1. The highest BCUT2D eigenvalue weighted by Gasteiger charge is 2.29. The van der Waals surface area contributed by atoms with Gasteiger partial charge in [0, 0.05) is 24.3 Å². The molecule has 9 heteroatoms. The molecule has 31 heavy (non-hydrogen) atoms. The fourth-order valence-electron chi connectivity index (χ4n) is 3.32. The van der Waals surface area contributed by atoms with Gasteiger partial charge in [-0.05, 0) is 61.4 Å². The van der Waals surface area contributed by atoms with Crippen molar-refractivity contribution in [3.05, 3.63) is 59.9 Å². The lowest BCUT2D eigenvalue weighted by molar-refractivity contribution is -0.131. The molecule has 0 radical (unpaired) electrons. The number of nitrogens with one attached hydrogen (secondary N) is 3. The number of anilines is 1. The van der Waals surface area contributed by atoms with Crippen LogP contribution in [0.4, 0.5) is 10.1 Å². The van der Waals surface area contributed by atoms with E-state index in [1.54, 1.807) is 36.3 Å². The number of carbonyl (C=O) groups excluding carboxylic acids is 3. The molecule has 1 unspecified atom stereocenters. The first-order valence-electron chi connectivity index (χ1n) is 9.97. The molecule has 1 fully saturated rings. The Morgan fingerprint density at radius 2 is 1.77 bits per heavy atom. The molecule has 2 aromatic rings. The molecular weight excluding hydrogens is 403 g/mol. The zero-order valence-electron chi connectivity index (χ0n) is 17.2. The molecule has 3 N–H and O–H groups in total. The third kappa shape index (κ3) is 6.18. The molecule has 1 saturated heterocycles. The number of carbonyl (C=O) groups is 3. The van der Waals surface area contributed by atoms with Gasteiger partial charge < -0.3 is 15.0 Å². The van der Waals surface area contributed by atoms with E-state index in [4.69, 9.17) is 4.74 Å². The topological polar surface area (TPSA) is 99.8 Å². The third-order valence-corrected chi connectivity index (χ3v) is 5.04. The van der Waals surface area contributed by atoms with Crippen LogP contribution < -0.4 is 20.9 Å². The molecular formula is C22H25FN4O4. The summed E-state index contributed by atoms with van der Waals surface area (Å²) in [6, 6.07) is 12.4. The van der Waals surface area contributed by atoms with Crippen LogP contribution in [0.2, 0.25) is 0 Å². The zero-order chi connectivity index (χ0) is 22.2. The van der Waals surface area contributed by atoms with Crippen molar-refractivity contribution < 1.29 is 23.5 Å². The van der Waals surface area contributed by atoms with Gasteiger partial charge in [0.15, 0.2) is 0 Å². The number of piperidine rings is 1. The van der Waals surface area contributed by atoms with Gasteiger partial charge in [0.2, 0.25) is 5.91 Å². The maximum atomic E-state index is 13.1. The average molecular weight is 428 g/mol. The second kappa shape index (κ2) is 10.4. The first-order chi connectivity index (χ1) is 15.0. The first kappa shape index (κ1) is 22.1. The number of hydrogen-bond donors (Lipinski definition) is 3. The van der Waals surface area contributed by atoms with Gasteiger partial charge in [-0.15, -0.1) is 0 Å². The van der Waals surface area contributed by atoms with Crippen molar-refractivity contribution in [1.82, 2.24) is 15.8 Å². The lowest BCUT2D eigenvalue weighted by Crippen LogP contribution is -2.50. The van der Waals surface area contributed by atoms with E-state index < -0.39 is 17.6 Å². The van der Waals surface area contributed by atoms with Gasteiger partial charge in [-0.1, -0.05) is 0 Å². The number of ether oxygens (including phenoxy) is 1. The van der Waals surface area contributed by atoms with Crippen LogP contribution >= 0.6 is 0 Å². The Morgan fingerprint density at radius 3 is 2.45 bits per heavy atom. The molecule has 164 valence electrons. The Hall–Kier alpha value is -3.62. The van der Waals surface area contributed by atoms with E-state index in [2.05, 4.69) is 16.2 Å². The van der Waals surface area contributed by atoms with Crippen LogP contribution in [0.15, 0.2) is 48.5 Å². The smallest absolute Gasteiger partial charge is 0.257 e. The van der Waals surface area contributed by atoms with E-state index in [0.717, 1.165) is 5.69 Å². The number of benzene rings is 2. The molecule has 8 nitrogen and oxygen atoms in total. The van der Waals surface area contributed by atoms with Gasteiger partial charge >= 0.3 is 0 Å². The molecule has 0 saturated carbocycles. The molecule has 2 aromatic carbocycles. The predicted octanol–water partition coefficient (Wildman–Crippen LogP) is 1.95. The van der Waals surface area contributed by atoms with Crippen LogP contribution in [0.3, 0.4) is 0 Å². The van der Waals surface area contributed by atoms with E-state index >= 15 is 0 Å². The van der Waals surface area contributed by atoms with Crippen LogP contribution in [-0.2, 0) is 9.59 Å². The lowest BCUT2D eigenvalue weighted by atomic mass is 9.96. The minimum absolute atomic E-state index is 0.0214. The van der Waals surface area contributed by atoms with Gasteiger partial charge in [-0.2, -0.15) is 0 Å². The number of methoxy groups -OCH3 is 1. The lowest BCUT2D eigenvalue weighted by Gasteiger charge is -2.32. The second-order valence-electron chi connectivity index (χ2n) is 7.22. The summed E-state index contributed by atoms with van der Waals surface area (Å²) in [6.07, 6.45) is 1.27. The van der Waals surface area contributed by atoms with Crippen molar-refractivity contribution in [2.24, 2.45) is 5.92 Å². The quantitative estimate of drug-likeness (QED) is 0.611. The summed E-state index contributed by atoms with van der Waals surface area (Å²) in [5.74, 6) is -1.14. The highest BCUT2D eigenvalue weighted by Crippen LogP contribution is 2.19. The summed E-state index contributed by atoms with van der Waals surface area (Å²) in [5.41, 5.74) is 5.93. The fourth-order valence-corrected chi connectivity index (χ4v) is 3.32. The summed E-state index contributed by atoms with van der Waals surface area (Å²) in [4.78, 5) is 38.6. The number of nitrogens with zero attached hydrogens (tertiary/aromatic N) is 1. The van der Waals surface area contributed by atoms with E-state index in [1.165, 1.54) is 24.3 Å². The van der Waals surface area contributed by atoms with E-state index in [-0.39, 0.29) is 24.9 Å². The Balaban J connectivity index is 1.44. The van der Waals surface area contributed by atoms with Gasteiger partial charge in [0.1, 0.15) is 11.6 Å². The molecule has 0 aliphatic carbocycles. The molecule has 1 atom stereocenters. The molecule has 3 rings (SSSR count). The number of likely N-dealkylation sites (tertiary alicyclic amines) is 1. The van der Waals surface area contributed by atoms with Crippen molar-refractivity contribution in [3.63, 3.8) is 0 Å². The van der Waals surface area contributed by atoms with Crippen LogP contribution in [0, 0.1) is 11.7 Å². The molecule has 1 aliphatic heterocycles. The van der Waals surface area contributed by atoms with E-state index in [1.807, 2.05) is 0 Å². The molecule has 0 spiro atoms. The standard InChI is InChI=1S/C22H25FN4O4/c1-31-19-10-8-18(9-11-19)24-13-20(28)25-26-21(29)16-3-2-12-27(14-16)22(30)15-4-6-17(23)7-5-15/h4-11,16,24H,2-3,12-14H2,1H3,(H,25,28)(H,26,29). The summed E-state index contributed by atoms with van der Waals surface area (Å²) >= 11 is 0. The van der Waals surface area contributed by atoms with Crippen LogP contribution in [-0.4, -0.2) is 49.4 Å². The second-order valence-corrected chi connectivity index (χ2v) is 7.22. The van der Waals surface area contributed by atoms with Gasteiger partial charge in [0.25, 0.3) is 11.8 Å². The summed E-state index contributed by atoms with van der Waals surface area (Å²) in [5, 5.41) is 2.94. The normalized spacial score (nSPS) is 15.7. The zero-order valence-corrected chi connectivity index (χ0v) is 17.2. The molecule has 1 aliphatic rings. The Kier molecular flexibility index (Phi) is 7.42. The Bertz CT molecular complexity index is 918. The Labute approximate surface area is 179 Å². The third-order valence-electron chi connectivity index (χ3n) is 5.04. The molecule has 0 aromatic heterocycles. The number of halogens is 1. The number of hydrazine groups is 1. The van der Waals surface area contributed by atoms with Crippen LogP contribution in [0.1, 0.15) is 23.2 Å². The van der Waals surface area contributed by atoms with Crippen molar-refractivity contribution in [2.45, 2.75) is 12.8 Å². The predicted molar refractivity (Wildman–Crippen MR) is 113 cm³/mol. The van der Waals surface area contributed by atoms with Crippen molar-refractivity contribution in [3.8, 4) is 5.75 Å².